The van der Waals surface area contributed by atoms with Crippen LogP contribution in [0.1, 0.15) is 12.5 Å². The van der Waals surface area contributed by atoms with E-state index < -0.39 is 16.1 Å². The predicted octanol–water partition coefficient (Wildman–Crippen LogP) is 1.43. The van der Waals surface area contributed by atoms with Crippen molar-refractivity contribution in [3.63, 3.8) is 0 Å². The van der Waals surface area contributed by atoms with Gasteiger partial charge in [-0.25, -0.2) is 13.6 Å². The van der Waals surface area contributed by atoms with Crippen LogP contribution in [-0.4, -0.2) is 27.5 Å². The second kappa shape index (κ2) is 8.00. The number of carbonyl (C=O) groups is 1. The number of benzene rings is 2. The molecule has 2 rings (SSSR count). The summed E-state index contributed by atoms with van der Waals surface area (Å²) in [6, 6.07) is 12.9. The smallest absolute Gasteiger partial charge is 0.261 e. The Morgan fingerprint density at radius 3 is 2.40 bits per heavy atom. The minimum atomic E-state index is -3.72. The first-order chi connectivity index (χ1) is 11.8. The fourth-order valence-electron chi connectivity index (χ4n) is 2.06. The number of sulfonamides is 1. The van der Waals surface area contributed by atoms with Crippen LogP contribution in [0.2, 0.25) is 0 Å². The molecule has 0 aromatic heterocycles. The Hall–Kier alpha value is -2.58. The van der Waals surface area contributed by atoms with Gasteiger partial charge in [0.2, 0.25) is 10.0 Å². The molecule has 0 heterocycles. The van der Waals surface area contributed by atoms with Crippen molar-refractivity contribution >= 4 is 15.9 Å². The summed E-state index contributed by atoms with van der Waals surface area (Å²) in [5.74, 6) is 0.873. The number of hydrogen-bond acceptors (Lipinski definition) is 5. The van der Waals surface area contributed by atoms with Gasteiger partial charge >= 0.3 is 0 Å². The van der Waals surface area contributed by atoms with Crippen molar-refractivity contribution in [2.24, 2.45) is 5.14 Å². The van der Waals surface area contributed by atoms with Gasteiger partial charge in [-0.05, 0) is 36.8 Å². The van der Waals surface area contributed by atoms with Gasteiger partial charge in [0.05, 0.1) is 12.0 Å². The van der Waals surface area contributed by atoms with Gasteiger partial charge in [0.25, 0.3) is 5.91 Å². The van der Waals surface area contributed by atoms with Crippen molar-refractivity contribution < 1.29 is 22.7 Å². The molecule has 3 N–H and O–H groups in total. The Bertz CT molecular complexity index is 834. The maximum atomic E-state index is 12.1. The first-order valence-electron chi connectivity index (χ1n) is 7.50. The second-order valence-electron chi connectivity index (χ2n) is 5.35. The number of rotatable bonds is 7. The molecule has 2 aromatic carbocycles. The summed E-state index contributed by atoms with van der Waals surface area (Å²) in [5.41, 5.74) is 0.745. The zero-order chi connectivity index (χ0) is 18.4. The highest BCUT2D eigenvalue weighted by Crippen LogP contribution is 2.20. The lowest BCUT2D eigenvalue weighted by atomic mass is 10.2. The quantitative estimate of drug-likeness (QED) is 0.773. The number of hydrogen-bond donors (Lipinski definition) is 2. The van der Waals surface area contributed by atoms with E-state index in [0.717, 1.165) is 5.56 Å². The molecule has 0 aliphatic heterocycles. The molecule has 25 heavy (non-hydrogen) atoms. The van der Waals surface area contributed by atoms with Crippen LogP contribution in [0, 0.1) is 0 Å². The van der Waals surface area contributed by atoms with E-state index in [1.807, 2.05) is 0 Å². The summed E-state index contributed by atoms with van der Waals surface area (Å²) in [6.07, 6.45) is -0.698. The Kier molecular flexibility index (Phi) is 6.00. The van der Waals surface area contributed by atoms with Crippen molar-refractivity contribution in [3.8, 4) is 11.5 Å². The maximum Gasteiger partial charge on any atom is 0.261 e. The summed E-state index contributed by atoms with van der Waals surface area (Å²) in [6.45, 7) is 1.88. The summed E-state index contributed by atoms with van der Waals surface area (Å²) >= 11 is 0. The molecular weight excluding hydrogens is 344 g/mol. The van der Waals surface area contributed by atoms with Gasteiger partial charge in [0.15, 0.2) is 6.10 Å². The minimum Gasteiger partial charge on any atom is -0.497 e. The Morgan fingerprint density at radius 1 is 1.16 bits per heavy atom. The molecule has 0 fully saturated rings. The Labute approximate surface area is 146 Å². The van der Waals surface area contributed by atoms with Crippen LogP contribution in [0.4, 0.5) is 0 Å². The van der Waals surface area contributed by atoms with Crippen molar-refractivity contribution in [1.82, 2.24) is 5.32 Å². The third-order valence-corrected chi connectivity index (χ3v) is 4.37. The standard InChI is InChI=1S/C17H20N2O5S/c1-12(24-15-5-3-4-14(10-15)23-2)17(20)19-11-13-6-8-16(9-7-13)25(18,21)22/h3-10,12H,11H2,1-2H3,(H,19,20)(H2,18,21,22). The van der Waals surface area contributed by atoms with Gasteiger partial charge in [-0.15, -0.1) is 0 Å². The van der Waals surface area contributed by atoms with E-state index in [9.17, 15) is 13.2 Å². The summed E-state index contributed by atoms with van der Waals surface area (Å²) in [5, 5.41) is 7.77. The second-order valence-corrected chi connectivity index (χ2v) is 6.91. The number of methoxy groups -OCH3 is 1. The van der Waals surface area contributed by atoms with Gasteiger partial charge in [0, 0.05) is 12.6 Å². The number of nitrogens with two attached hydrogens (primary N) is 1. The lowest BCUT2D eigenvalue weighted by molar-refractivity contribution is -0.127. The topological polar surface area (TPSA) is 108 Å². The third kappa shape index (κ3) is 5.47. The van der Waals surface area contributed by atoms with Crippen LogP contribution >= 0.6 is 0 Å². The molecule has 7 nitrogen and oxygen atoms in total. The van der Waals surface area contributed by atoms with Gasteiger partial charge in [-0.3, -0.25) is 4.79 Å². The third-order valence-electron chi connectivity index (χ3n) is 3.44. The van der Waals surface area contributed by atoms with Gasteiger partial charge in [-0.1, -0.05) is 18.2 Å². The summed E-state index contributed by atoms with van der Waals surface area (Å²) in [4.78, 5) is 12.1. The number of ether oxygens (including phenoxy) is 2. The van der Waals surface area contributed by atoms with Crippen LogP contribution in [0.15, 0.2) is 53.4 Å². The monoisotopic (exact) mass is 364 g/mol. The molecule has 0 aliphatic rings. The van der Waals surface area contributed by atoms with E-state index in [0.29, 0.717) is 11.5 Å². The van der Waals surface area contributed by atoms with E-state index in [1.54, 1.807) is 50.4 Å². The lowest BCUT2D eigenvalue weighted by Crippen LogP contribution is -2.35. The zero-order valence-electron chi connectivity index (χ0n) is 13.9. The number of amides is 1. The molecule has 1 atom stereocenters. The Morgan fingerprint density at radius 2 is 1.80 bits per heavy atom. The largest absolute Gasteiger partial charge is 0.497 e. The molecule has 0 radical (unpaired) electrons. The SMILES string of the molecule is COc1cccc(OC(C)C(=O)NCc2ccc(S(N)(=O)=O)cc2)c1. The molecule has 0 aliphatic carbocycles. The number of nitrogens with one attached hydrogen (secondary N) is 1. The number of carbonyl (C=O) groups excluding carboxylic acids is 1. The molecule has 134 valence electrons. The average molecular weight is 364 g/mol. The van der Waals surface area contributed by atoms with Crippen LogP contribution in [0.3, 0.4) is 0 Å². The molecule has 0 saturated heterocycles. The molecule has 0 saturated carbocycles. The van der Waals surface area contributed by atoms with E-state index in [-0.39, 0.29) is 17.3 Å². The fourth-order valence-corrected chi connectivity index (χ4v) is 2.58. The van der Waals surface area contributed by atoms with Crippen molar-refractivity contribution in [2.45, 2.75) is 24.5 Å². The van der Waals surface area contributed by atoms with E-state index in [4.69, 9.17) is 14.6 Å². The van der Waals surface area contributed by atoms with Crippen molar-refractivity contribution in [1.29, 1.82) is 0 Å². The molecular formula is C17H20N2O5S. The lowest BCUT2D eigenvalue weighted by Gasteiger charge is -2.15. The molecule has 1 amide bonds. The summed E-state index contributed by atoms with van der Waals surface area (Å²) < 4.78 is 33.1. The van der Waals surface area contributed by atoms with Crippen LogP contribution in [0.5, 0.6) is 11.5 Å². The molecule has 8 heteroatoms. The van der Waals surface area contributed by atoms with E-state index in [2.05, 4.69) is 5.32 Å². The minimum absolute atomic E-state index is 0.0253. The Balaban J connectivity index is 1.90. The van der Waals surface area contributed by atoms with Crippen LogP contribution in [0.25, 0.3) is 0 Å². The van der Waals surface area contributed by atoms with Crippen molar-refractivity contribution in [3.05, 3.63) is 54.1 Å². The highest BCUT2D eigenvalue weighted by molar-refractivity contribution is 7.89. The zero-order valence-corrected chi connectivity index (χ0v) is 14.7. The van der Waals surface area contributed by atoms with Crippen molar-refractivity contribution in [2.75, 3.05) is 7.11 Å². The van der Waals surface area contributed by atoms with Gasteiger partial charge < -0.3 is 14.8 Å². The maximum absolute atomic E-state index is 12.1. The normalized spacial score (nSPS) is 12.3. The molecule has 0 bridgehead atoms. The average Bonchev–Trinajstić information content (AvgIpc) is 2.59. The van der Waals surface area contributed by atoms with Crippen LogP contribution < -0.4 is 19.9 Å². The highest BCUT2D eigenvalue weighted by Gasteiger charge is 2.15. The van der Waals surface area contributed by atoms with Crippen LogP contribution in [-0.2, 0) is 21.4 Å². The number of primary sulfonamides is 1. The van der Waals surface area contributed by atoms with Gasteiger partial charge in [-0.2, -0.15) is 0 Å². The van der Waals surface area contributed by atoms with Gasteiger partial charge in [0.1, 0.15) is 11.5 Å². The molecule has 1 unspecified atom stereocenters. The predicted molar refractivity (Wildman–Crippen MR) is 92.7 cm³/mol. The molecule has 2 aromatic rings. The summed E-state index contributed by atoms with van der Waals surface area (Å²) in [7, 11) is -2.17. The van der Waals surface area contributed by atoms with E-state index in [1.165, 1.54) is 12.1 Å². The first kappa shape index (κ1) is 18.8. The fraction of sp³-hybridized carbons (Fsp3) is 0.235. The first-order valence-corrected chi connectivity index (χ1v) is 9.04. The van der Waals surface area contributed by atoms with E-state index >= 15 is 0 Å². The molecule has 0 spiro atoms. The highest BCUT2D eigenvalue weighted by atomic mass is 32.2.